The fraction of sp³-hybridized carbons (Fsp3) is 0.172. The number of rotatable bonds is 6. The monoisotopic (exact) mass is 520 g/mol. The minimum Gasteiger partial charge on any atom is -0.857 e. The molecule has 4 aromatic rings. The summed E-state index contributed by atoms with van der Waals surface area (Å²) >= 11 is -0.474. The zero-order chi connectivity index (χ0) is 25.2. The van der Waals surface area contributed by atoms with Crippen molar-refractivity contribution >= 4 is 18.1 Å². The summed E-state index contributed by atoms with van der Waals surface area (Å²) in [4.78, 5) is 0. The summed E-state index contributed by atoms with van der Waals surface area (Å²) < 4.78 is 13.1. The van der Waals surface area contributed by atoms with E-state index in [9.17, 15) is 0 Å². The van der Waals surface area contributed by atoms with Crippen LogP contribution in [-0.2, 0) is 19.2 Å². The summed E-state index contributed by atoms with van der Waals surface area (Å²) in [6.45, 7) is 0. The van der Waals surface area contributed by atoms with E-state index in [4.69, 9.17) is 19.7 Å². The second-order valence-corrected chi connectivity index (χ2v) is 10.8. The molecule has 2 atom stereocenters. The number of hydrogen-bond acceptors (Lipinski definition) is 4. The van der Waals surface area contributed by atoms with Crippen LogP contribution in [-0.4, -0.2) is 28.4 Å². The van der Waals surface area contributed by atoms with Crippen LogP contribution in [0.1, 0.15) is 15.3 Å². The molecule has 3 aromatic carbocycles. The number of methoxy groups -OCH3 is 2. The summed E-state index contributed by atoms with van der Waals surface area (Å²) in [7, 11) is 5.62. The molecule has 0 saturated carbocycles. The maximum absolute atomic E-state index is 8.25. The molecule has 1 heterocycles. The van der Waals surface area contributed by atoms with Crippen LogP contribution >= 0.6 is 8.19 Å². The van der Waals surface area contributed by atoms with E-state index in [1.54, 1.807) is 18.1 Å². The molecule has 0 spiro atoms. The molecule has 0 amide bonds. The first-order valence-corrected chi connectivity index (χ1v) is 13.9. The van der Waals surface area contributed by atoms with Gasteiger partial charge in [0.05, 0.1) is 0 Å². The molecule has 4 nitrogen and oxygen atoms in total. The van der Waals surface area contributed by atoms with Gasteiger partial charge in [0.25, 0.3) is 0 Å². The molecule has 0 radical (unpaired) electrons. The normalized spacial score (nSPS) is 13.1. The smallest absolute Gasteiger partial charge is 0.153 e. The van der Waals surface area contributed by atoms with Crippen molar-refractivity contribution in [1.82, 2.24) is 0 Å². The van der Waals surface area contributed by atoms with Crippen LogP contribution in [0.5, 0.6) is 11.5 Å². The fourth-order valence-electron chi connectivity index (χ4n) is 4.16. The Morgan fingerprint density at radius 1 is 0.771 bits per heavy atom. The van der Waals surface area contributed by atoms with Crippen molar-refractivity contribution in [3.8, 4) is 33.5 Å². The summed E-state index contributed by atoms with van der Waals surface area (Å²) in [5.41, 5.74) is 6.73. The van der Waals surface area contributed by atoms with E-state index >= 15 is 0 Å². The van der Waals surface area contributed by atoms with E-state index < -0.39 is 19.2 Å². The van der Waals surface area contributed by atoms with Crippen molar-refractivity contribution in [3.05, 3.63) is 95.8 Å². The molecule has 1 aliphatic rings. The molecule has 0 N–H and O–H groups in total. The molecule has 178 valence electrons. The summed E-state index contributed by atoms with van der Waals surface area (Å²) in [5, 5.41) is 18.0. The minimum absolute atomic E-state index is 0.443. The van der Waals surface area contributed by atoms with Gasteiger partial charge in [0.1, 0.15) is 0 Å². The van der Waals surface area contributed by atoms with Gasteiger partial charge in [0.15, 0.2) is 0 Å². The van der Waals surface area contributed by atoms with Gasteiger partial charge in [-0.1, -0.05) is 0 Å². The summed E-state index contributed by atoms with van der Waals surface area (Å²) in [6, 6.07) is 26.0. The Morgan fingerprint density at radius 2 is 1.34 bits per heavy atom. The number of fused-ring (bicyclic) bond motifs is 1. The van der Waals surface area contributed by atoms with Crippen LogP contribution < -0.4 is 23.6 Å². The van der Waals surface area contributed by atoms with Gasteiger partial charge in [0.2, 0.25) is 0 Å². The molecule has 0 saturated heterocycles. The van der Waals surface area contributed by atoms with Crippen molar-refractivity contribution in [2.45, 2.75) is 4.22 Å². The summed E-state index contributed by atoms with van der Waals surface area (Å²) in [6.07, 6.45) is 4.63. The molecule has 1 aromatic heterocycles. The van der Waals surface area contributed by atoms with Crippen molar-refractivity contribution in [2.75, 3.05) is 28.4 Å². The molecular formula is C29H29O4PTi. The van der Waals surface area contributed by atoms with Crippen molar-refractivity contribution in [1.29, 1.82) is 0 Å². The third kappa shape index (κ3) is 5.98. The first-order chi connectivity index (χ1) is 17.3. The van der Waals surface area contributed by atoms with Crippen LogP contribution in [0.15, 0.2) is 84.7 Å². The van der Waals surface area contributed by atoms with Gasteiger partial charge in [-0.25, -0.2) is 0 Å². The topological polar surface area (TPSA) is 64.6 Å². The SMILES string of the molecule is COc1cc2c(cc1OC)[CH]([Ti+2][c]1c(-c3ccccc3)c[pH]c1-c1ccccc1)C=C2.C[O-].C[O-]. The number of allylic oxidation sites excluding steroid dienone is 1. The Morgan fingerprint density at radius 3 is 1.94 bits per heavy atom. The molecule has 6 heteroatoms. The number of benzene rings is 3. The van der Waals surface area contributed by atoms with E-state index in [2.05, 4.69) is 90.7 Å². The van der Waals surface area contributed by atoms with Crippen molar-refractivity contribution < 1.29 is 38.8 Å². The maximum Gasteiger partial charge on any atom is -0.153 e. The zero-order valence-electron chi connectivity index (χ0n) is 20.4. The quantitative estimate of drug-likeness (QED) is 0.352. The maximum atomic E-state index is 8.25. The Labute approximate surface area is 218 Å². The molecular weight excluding hydrogens is 491 g/mol. The van der Waals surface area contributed by atoms with Crippen molar-refractivity contribution in [3.63, 3.8) is 0 Å². The molecule has 5 rings (SSSR count). The Hall–Kier alpha value is -2.59. The van der Waals surface area contributed by atoms with E-state index in [1.165, 1.54) is 33.1 Å². The summed E-state index contributed by atoms with van der Waals surface area (Å²) in [5.74, 6) is 4.05. The van der Waals surface area contributed by atoms with Gasteiger partial charge in [-0.05, 0) is 0 Å². The molecule has 0 fully saturated rings. The van der Waals surface area contributed by atoms with E-state index in [1.807, 2.05) is 0 Å². The standard InChI is InChI=1S/C16H12P.C11H11O2.2CH3O.Ti/c1-3-7-13(8-4-1)15-11-16(17-12-15)14-9-5-2-6-10-14;1-12-10-6-8-4-3-5-9(8)7-11(10)13-2;2*1-2;/h1-10,12,17H;3-7H,1-2H3;2*1H3;/q;;2*-1;+2. The van der Waals surface area contributed by atoms with Gasteiger partial charge in [-0.15, -0.1) is 0 Å². The minimum atomic E-state index is -0.474. The van der Waals surface area contributed by atoms with Gasteiger partial charge in [-0.2, -0.15) is 14.2 Å². The fourth-order valence-corrected chi connectivity index (χ4v) is 8.68. The first-order valence-electron chi connectivity index (χ1n) is 11.1. The zero-order valence-corrected chi connectivity index (χ0v) is 22.9. The van der Waals surface area contributed by atoms with Crippen LogP contribution in [0.3, 0.4) is 0 Å². The molecule has 35 heavy (non-hydrogen) atoms. The third-order valence-electron chi connectivity index (χ3n) is 5.72. The van der Waals surface area contributed by atoms with E-state index in [0.717, 1.165) is 25.7 Å². The Kier molecular flexibility index (Phi) is 10.4. The average molecular weight is 520 g/mol. The largest absolute Gasteiger partial charge is 0.857 e. The van der Waals surface area contributed by atoms with Crippen LogP contribution in [0, 0.1) is 0 Å². The predicted octanol–water partition coefficient (Wildman–Crippen LogP) is 4.50. The van der Waals surface area contributed by atoms with E-state index in [0.29, 0.717) is 12.4 Å². The second kappa shape index (κ2) is 13.5. The Bertz CT molecular complexity index is 1180. The molecule has 2 unspecified atom stereocenters. The van der Waals surface area contributed by atoms with E-state index in [-0.39, 0.29) is 0 Å². The second-order valence-electron chi connectivity index (χ2n) is 7.50. The average Bonchev–Trinajstić information content (AvgIpc) is 3.55. The van der Waals surface area contributed by atoms with Gasteiger partial charge >= 0.3 is 194 Å². The third-order valence-corrected chi connectivity index (χ3v) is 9.90. The van der Waals surface area contributed by atoms with Gasteiger partial charge in [-0.3, -0.25) is 0 Å². The van der Waals surface area contributed by atoms with Crippen LogP contribution in [0.2, 0.25) is 0 Å². The molecule has 0 bridgehead atoms. The number of hydrogen-bond donors (Lipinski definition) is 0. The Balaban J connectivity index is 0.000000815. The molecule has 1 aliphatic carbocycles. The van der Waals surface area contributed by atoms with Crippen LogP contribution in [0.4, 0.5) is 0 Å². The van der Waals surface area contributed by atoms with Crippen LogP contribution in [0.25, 0.3) is 28.1 Å². The first kappa shape index (κ1) is 27.0. The molecule has 0 aliphatic heterocycles. The van der Waals surface area contributed by atoms with Gasteiger partial charge < -0.3 is 10.2 Å². The van der Waals surface area contributed by atoms with Crippen molar-refractivity contribution in [2.24, 2.45) is 0 Å². The van der Waals surface area contributed by atoms with Gasteiger partial charge in [0, 0.05) is 0 Å². The predicted molar refractivity (Wildman–Crippen MR) is 140 cm³/mol. The number of ether oxygens (including phenoxy) is 2.